The lowest BCUT2D eigenvalue weighted by molar-refractivity contribution is 0.102. The zero-order valence-electron chi connectivity index (χ0n) is 13.1. The van der Waals surface area contributed by atoms with Crippen LogP contribution in [-0.2, 0) is 0 Å². The van der Waals surface area contributed by atoms with Crippen molar-refractivity contribution < 1.29 is 13.9 Å². The molecule has 3 aromatic rings. The van der Waals surface area contributed by atoms with Crippen molar-refractivity contribution in [2.75, 3.05) is 11.9 Å². The molecule has 128 valence electrons. The SMILES string of the molecule is CCOc1ccc(Cl)c(C(=O)Nc2ccc(-n3cncn3)c(F)c2)n1. The first-order valence-electron chi connectivity index (χ1n) is 7.33. The standard InChI is InChI=1S/C16H13ClFN5O2/c1-2-25-14-6-4-11(17)15(22-14)16(24)21-10-3-5-13(12(18)7-10)23-9-19-8-20-23/h3-9H,2H2,1H3,(H,21,24). The number of carbonyl (C=O) groups is 1. The summed E-state index contributed by atoms with van der Waals surface area (Å²) in [6.45, 7) is 2.21. The van der Waals surface area contributed by atoms with E-state index in [1.165, 1.54) is 41.6 Å². The molecular weight excluding hydrogens is 349 g/mol. The first kappa shape index (κ1) is 16.8. The van der Waals surface area contributed by atoms with E-state index in [0.29, 0.717) is 6.61 Å². The highest BCUT2D eigenvalue weighted by Gasteiger charge is 2.15. The van der Waals surface area contributed by atoms with Crippen LogP contribution in [0.4, 0.5) is 10.1 Å². The maximum atomic E-state index is 14.2. The molecule has 7 nitrogen and oxygen atoms in total. The first-order chi connectivity index (χ1) is 12.1. The van der Waals surface area contributed by atoms with Crippen LogP contribution in [0.3, 0.4) is 0 Å². The summed E-state index contributed by atoms with van der Waals surface area (Å²) in [5, 5.41) is 6.58. The number of benzene rings is 1. The molecule has 0 aliphatic heterocycles. The van der Waals surface area contributed by atoms with Gasteiger partial charge in [-0.2, -0.15) is 5.10 Å². The number of halogens is 2. The van der Waals surface area contributed by atoms with Crippen molar-refractivity contribution in [2.45, 2.75) is 6.92 Å². The Morgan fingerprint density at radius 1 is 1.36 bits per heavy atom. The number of carbonyl (C=O) groups excluding carboxylic acids is 1. The molecule has 0 saturated carbocycles. The fraction of sp³-hybridized carbons (Fsp3) is 0.125. The second-order valence-electron chi connectivity index (χ2n) is 4.87. The van der Waals surface area contributed by atoms with E-state index < -0.39 is 11.7 Å². The van der Waals surface area contributed by atoms with Crippen LogP contribution in [0.2, 0.25) is 5.02 Å². The Morgan fingerprint density at radius 2 is 2.20 bits per heavy atom. The Kier molecular flexibility index (Phi) is 4.90. The van der Waals surface area contributed by atoms with E-state index in [2.05, 4.69) is 20.4 Å². The lowest BCUT2D eigenvalue weighted by atomic mass is 10.2. The van der Waals surface area contributed by atoms with Crippen molar-refractivity contribution in [3.05, 3.63) is 59.5 Å². The highest BCUT2D eigenvalue weighted by Crippen LogP contribution is 2.21. The summed E-state index contributed by atoms with van der Waals surface area (Å²) in [6.07, 6.45) is 2.67. The highest BCUT2D eigenvalue weighted by atomic mass is 35.5. The number of aromatic nitrogens is 4. The number of pyridine rings is 1. The summed E-state index contributed by atoms with van der Waals surface area (Å²) in [5.74, 6) is -0.852. The lowest BCUT2D eigenvalue weighted by Gasteiger charge is -2.09. The number of ether oxygens (including phenoxy) is 1. The minimum absolute atomic E-state index is 0.00613. The predicted octanol–water partition coefficient (Wildman–Crippen LogP) is 3.11. The van der Waals surface area contributed by atoms with Crippen LogP contribution in [-0.4, -0.2) is 32.3 Å². The van der Waals surface area contributed by atoms with E-state index in [0.717, 1.165) is 0 Å². The fourth-order valence-electron chi connectivity index (χ4n) is 2.11. The van der Waals surface area contributed by atoms with Gasteiger partial charge in [-0.3, -0.25) is 4.79 Å². The Bertz CT molecular complexity index is 902. The monoisotopic (exact) mass is 361 g/mol. The van der Waals surface area contributed by atoms with Crippen molar-refractivity contribution in [1.82, 2.24) is 19.7 Å². The van der Waals surface area contributed by atoms with E-state index in [1.807, 2.05) is 0 Å². The molecule has 0 fully saturated rings. The lowest BCUT2D eigenvalue weighted by Crippen LogP contribution is -2.15. The number of anilines is 1. The number of nitrogens with one attached hydrogen (secondary N) is 1. The third-order valence-electron chi connectivity index (χ3n) is 3.20. The van der Waals surface area contributed by atoms with E-state index in [-0.39, 0.29) is 28.0 Å². The molecule has 0 atom stereocenters. The van der Waals surface area contributed by atoms with Gasteiger partial charge in [-0.05, 0) is 31.2 Å². The number of rotatable bonds is 5. The summed E-state index contributed by atoms with van der Waals surface area (Å²) >= 11 is 6.01. The second kappa shape index (κ2) is 7.27. The first-order valence-corrected chi connectivity index (χ1v) is 7.71. The van der Waals surface area contributed by atoms with Gasteiger partial charge in [0.05, 0.1) is 11.6 Å². The van der Waals surface area contributed by atoms with Crippen molar-refractivity contribution in [3.63, 3.8) is 0 Å². The summed E-state index contributed by atoms with van der Waals surface area (Å²) in [5.41, 5.74) is 0.462. The Morgan fingerprint density at radius 3 is 2.88 bits per heavy atom. The van der Waals surface area contributed by atoms with Crippen LogP contribution in [0.5, 0.6) is 5.88 Å². The van der Waals surface area contributed by atoms with Crippen LogP contribution in [0, 0.1) is 5.82 Å². The largest absolute Gasteiger partial charge is 0.478 e. The van der Waals surface area contributed by atoms with Crippen molar-refractivity contribution in [1.29, 1.82) is 0 Å². The smallest absolute Gasteiger partial charge is 0.275 e. The molecule has 0 spiro atoms. The van der Waals surface area contributed by atoms with Gasteiger partial charge in [0, 0.05) is 11.8 Å². The van der Waals surface area contributed by atoms with Crippen LogP contribution in [0.15, 0.2) is 43.0 Å². The zero-order chi connectivity index (χ0) is 17.8. The normalized spacial score (nSPS) is 10.5. The Hall–Kier alpha value is -3.00. The molecule has 25 heavy (non-hydrogen) atoms. The molecule has 1 N–H and O–H groups in total. The summed E-state index contributed by atoms with van der Waals surface area (Å²) in [4.78, 5) is 20.2. The molecule has 2 aromatic heterocycles. The van der Waals surface area contributed by atoms with Gasteiger partial charge in [0.2, 0.25) is 5.88 Å². The second-order valence-corrected chi connectivity index (χ2v) is 5.28. The summed E-state index contributed by atoms with van der Waals surface area (Å²) < 4.78 is 20.7. The van der Waals surface area contributed by atoms with Gasteiger partial charge in [0.1, 0.15) is 18.3 Å². The van der Waals surface area contributed by atoms with Gasteiger partial charge in [-0.1, -0.05) is 11.6 Å². The van der Waals surface area contributed by atoms with Gasteiger partial charge >= 0.3 is 0 Å². The molecule has 0 bridgehead atoms. The maximum Gasteiger partial charge on any atom is 0.275 e. The maximum absolute atomic E-state index is 14.2. The van der Waals surface area contributed by atoms with Crippen LogP contribution in [0.25, 0.3) is 5.69 Å². The van der Waals surface area contributed by atoms with Gasteiger partial charge < -0.3 is 10.1 Å². The predicted molar refractivity (Wildman–Crippen MR) is 89.7 cm³/mol. The third-order valence-corrected chi connectivity index (χ3v) is 3.50. The molecule has 0 aliphatic carbocycles. The Balaban J connectivity index is 1.82. The molecule has 2 heterocycles. The summed E-state index contributed by atoms with van der Waals surface area (Å²) in [6, 6.07) is 7.27. The van der Waals surface area contributed by atoms with Gasteiger partial charge in [0.25, 0.3) is 5.91 Å². The number of amides is 1. The average molecular weight is 362 g/mol. The van der Waals surface area contributed by atoms with Crippen LogP contribution in [0.1, 0.15) is 17.4 Å². The molecular formula is C16H13ClFN5O2. The fourth-order valence-corrected chi connectivity index (χ4v) is 2.30. The quantitative estimate of drug-likeness (QED) is 0.755. The summed E-state index contributed by atoms with van der Waals surface area (Å²) in [7, 11) is 0. The molecule has 0 aliphatic rings. The number of hydrogen-bond donors (Lipinski definition) is 1. The Labute approximate surface area is 147 Å². The van der Waals surface area contributed by atoms with Gasteiger partial charge in [-0.25, -0.2) is 19.0 Å². The van der Waals surface area contributed by atoms with E-state index in [4.69, 9.17) is 16.3 Å². The van der Waals surface area contributed by atoms with E-state index in [9.17, 15) is 9.18 Å². The number of hydrogen-bond acceptors (Lipinski definition) is 5. The minimum Gasteiger partial charge on any atom is -0.478 e. The van der Waals surface area contributed by atoms with Gasteiger partial charge in [0.15, 0.2) is 11.5 Å². The molecule has 0 saturated heterocycles. The van der Waals surface area contributed by atoms with Crippen molar-refractivity contribution >= 4 is 23.2 Å². The molecule has 0 radical (unpaired) electrons. The molecule has 1 amide bonds. The van der Waals surface area contributed by atoms with Crippen molar-refractivity contribution in [3.8, 4) is 11.6 Å². The van der Waals surface area contributed by atoms with Crippen LogP contribution >= 0.6 is 11.6 Å². The molecule has 1 aromatic carbocycles. The molecule has 0 unspecified atom stereocenters. The average Bonchev–Trinajstić information content (AvgIpc) is 3.11. The topological polar surface area (TPSA) is 81.9 Å². The van der Waals surface area contributed by atoms with Crippen LogP contribution < -0.4 is 10.1 Å². The van der Waals surface area contributed by atoms with E-state index in [1.54, 1.807) is 13.0 Å². The third kappa shape index (κ3) is 3.74. The van der Waals surface area contributed by atoms with E-state index >= 15 is 0 Å². The highest BCUT2D eigenvalue weighted by molar-refractivity contribution is 6.34. The molecule has 9 heteroatoms. The zero-order valence-corrected chi connectivity index (χ0v) is 13.9. The number of nitrogens with zero attached hydrogens (tertiary/aromatic N) is 4. The molecule has 3 rings (SSSR count). The van der Waals surface area contributed by atoms with Gasteiger partial charge in [-0.15, -0.1) is 0 Å². The van der Waals surface area contributed by atoms with Crippen molar-refractivity contribution in [2.24, 2.45) is 0 Å². The minimum atomic E-state index is -0.570.